The van der Waals surface area contributed by atoms with E-state index in [0.29, 0.717) is 0 Å². The van der Waals surface area contributed by atoms with Gasteiger partial charge < -0.3 is 4.57 Å². The van der Waals surface area contributed by atoms with Crippen LogP contribution in [0.2, 0.25) is 0 Å². The van der Waals surface area contributed by atoms with Crippen LogP contribution in [0.5, 0.6) is 0 Å². The number of para-hydroxylation sites is 1. The molecule has 114 valence electrons. The van der Waals surface area contributed by atoms with Crippen molar-refractivity contribution < 1.29 is 0 Å². The van der Waals surface area contributed by atoms with Crippen molar-refractivity contribution in [3.8, 4) is 5.69 Å². The van der Waals surface area contributed by atoms with Crippen LogP contribution >= 0.6 is 0 Å². The van der Waals surface area contributed by atoms with Crippen LogP contribution < -0.4 is 0 Å². The number of fused-ring (bicyclic) bond motifs is 5. The maximum Gasteiger partial charge on any atom is 0.0619 e. The third-order valence-corrected chi connectivity index (χ3v) is 4.82. The maximum atomic E-state index is 2.40. The summed E-state index contributed by atoms with van der Waals surface area (Å²) in [6.07, 6.45) is 0. The van der Waals surface area contributed by atoms with Crippen molar-refractivity contribution in [3.05, 3.63) is 90.5 Å². The van der Waals surface area contributed by atoms with Gasteiger partial charge in [0.1, 0.15) is 0 Å². The van der Waals surface area contributed by atoms with Crippen molar-refractivity contribution in [2.75, 3.05) is 0 Å². The Bertz CT molecular complexity index is 1200. The summed E-state index contributed by atoms with van der Waals surface area (Å²) in [5.74, 6) is 0. The second-order valence-electron chi connectivity index (χ2n) is 6.37. The summed E-state index contributed by atoms with van der Waals surface area (Å²) in [6.45, 7) is 2.16. The summed E-state index contributed by atoms with van der Waals surface area (Å²) in [7, 11) is 0. The van der Waals surface area contributed by atoms with Gasteiger partial charge in [-0.2, -0.15) is 0 Å². The van der Waals surface area contributed by atoms with Crippen LogP contribution in [0, 0.1) is 6.92 Å². The molecule has 0 aliphatic rings. The van der Waals surface area contributed by atoms with E-state index in [2.05, 4.69) is 96.4 Å². The molecule has 0 aliphatic carbocycles. The summed E-state index contributed by atoms with van der Waals surface area (Å²) in [4.78, 5) is 0. The summed E-state index contributed by atoms with van der Waals surface area (Å²) in [6, 6.07) is 30.5. The number of nitrogens with zero attached hydrogens (tertiary/aromatic N) is 1. The molecular formula is C23H17N. The first-order chi connectivity index (χ1) is 11.8. The highest BCUT2D eigenvalue weighted by Gasteiger charge is 2.14. The van der Waals surface area contributed by atoms with E-state index in [-0.39, 0.29) is 0 Å². The molecule has 5 rings (SSSR count). The molecular weight excluding hydrogens is 290 g/mol. The van der Waals surface area contributed by atoms with Crippen LogP contribution in [0.25, 0.3) is 38.3 Å². The highest BCUT2D eigenvalue weighted by molar-refractivity contribution is 6.18. The van der Waals surface area contributed by atoms with Gasteiger partial charge in [-0.15, -0.1) is 0 Å². The average molecular weight is 307 g/mol. The summed E-state index contributed by atoms with van der Waals surface area (Å²) >= 11 is 0. The van der Waals surface area contributed by atoms with Gasteiger partial charge in [-0.3, -0.25) is 0 Å². The zero-order valence-corrected chi connectivity index (χ0v) is 13.5. The number of hydrogen-bond acceptors (Lipinski definition) is 0. The smallest absolute Gasteiger partial charge is 0.0619 e. The number of aryl methyl sites for hydroxylation is 1. The minimum Gasteiger partial charge on any atom is -0.309 e. The molecule has 0 saturated heterocycles. The molecule has 0 aliphatic heterocycles. The van der Waals surface area contributed by atoms with Crippen molar-refractivity contribution in [2.24, 2.45) is 0 Å². The van der Waals surface area contributed by atoms with Crippen molar-refractivity contribution in [1.29, 1.82) is 0 Å². The highest BCUT2D eigenvalue weighted by Crippen LogP contribution is 2.36. The molecule has 0 N–H and O–H groups in total. The first kappa shape index (κ1) is 13.4. The Labute approximate surface area is 140 Å². The lowest BCUT2D eigenvalue weighted by atomic mass is 10.1. The molecule has 1 heterocycles. The molecule has 1 aromatic heterocycles. The van der Waals surface area contributed by atoms with Crippen molar-refractivity contribution in [1.82, 2.24) is 4.57 Å². The number of benzene rings is 4. The topological polar surface area (TPSA) is 4.93 Å². The van der Waals surface area contributed by atoms with E-state index in [1.54, 1.807) is 0 Å². The number of hydrogen-bond donors (Lipinski definition) is 0. The molecule has 0 saturated carbocycles. The van der Waals surface area contributed by atoms with E-state index >= 15 is 0 Å². The molecule has 4 aromatic carbocycles. The van der Waals surface area contributed by atoms with Crippen LogP contribution in [-0.2, 0) is 0 Å². The van der Waals surface area contributed by atoms with E-state index in [4.69, 9.17) is 0 Å². The van der Waals surface area contributed by atoms with Gasteiger partial charge in [0.2, 0.25) is 0 Å². The average Bonchev–Trinajstić information content (AvgIpc) is 2.96. The second kappa shape index (κ2) is 4.97. The molecule has 0 amide bonds. The summed E-state index contributed by atoms with van der Waals surface area (Å²) in [5, 5.41) is 5.21. The zero-order valence-electron chi connectivity index (χ0n) is 13.5. The largest absolute Gasteiger partial charge is 0.309 e. The van der Waals surface area contributed by atoms with Crippen LogP contribution in [0.3, 0.4) is 0 Å². The standard InChI is InChI=1S/C23H17N/c1-16-11-14-22-21(15-16)20-13-12-17-7-5-6-10-19(17)23(20)24(22)18-8-3-2-4-9-18/h2-15H,1H3. The van der Waals surface area contributed by atoms with Crippen LogP contribution in [0.15, 0.2) is 84.9 Å². The Balaban J connectivity index is 2.09. The molecule has 1 nitrogen and oxygen atoms in total. The second-order valence-corrected chi connectivity index (χ2v) is 6.37. The minimum absolute atomic E-state index is 1.21. The van der Waals surface area contributed by atoms with Crippen LogP contribution in [0.4, 0.5) is 0 Å². The van der Waals surface area contributed by atoms with Gasteiger partial charge in [-0.1, -0.05) is 66.2 Å². The third kappa shape index (κ3) is 1.82. The fourth-order valence-electron chi connectivity index (χ4n) is 3.74. The molecule has 24 heavy (non-hydrogen) atoms. The Morgan fingerprint density at radius 2 is 1.42 bits per heavy atom. The van der Waals surface area contributed by atoms with E-state index in [0.717, 1.165) is 0 Å². The first-order valence-corrected chi connectivity index (χ1v) is 8.31. The Morgan fingerprint density at radius 3 is 2.29 bits per heavy atom. The summed E-state index contributed by atoms with van der Waals surface area (Å²) in [5.41, 5.74) is 5.05. The Hall–Kier alpha value is -3.06. The normalized spacial score (nSPS) is 11.5. The quantitative estimate of drug-likeness (QED) is 0.345. The fourth-order valence-corrected chi connectivity index (χ4v) is 3.74. The highest BCUT2D eigenvalue weighted by atomic mass is 15.0. The van der Waals surface area contributed by atoms with E-state index in [9.17, 15) is 0 Å². The molecule has 1 heteroatoms. The molecule has 0 spiro atoms. The SMILES string of the molecule is Cc1ccc2c(c1)c1ccc3ccccc3c1n2-c1ccccc1. The molecule has 0 radical (unpaired) electrons. The predicted octanol–water partition coefficient (Wildman–Crippen LogP) is 6.25. The van der Waals surface area contributed by atoms with E-state index in [1.807, 2.05) is 0 Å². The molecule has 0 unspecified atom stereocenters. The zero-order chi connectivity index (χ0) is 16.1. The van der Waals surface area contributed by atoms with Gasteiger partial charge in [0.25, 0.3) is 0 Å². The van der Waals surface area contributed by atoms with E-state index in [1.165, 1.54) is 43.8 Å². The van der Waals surface area contributed by atoms with Crippen LogP contribution in [0.1, 0.15) is 5.56 Å². The van der Waals surface area contributed by atoms with Gasteiger partial charge in [0.05, 0.1) is 11.0 Å². The van der Waals surface area contributed by atoms with Gasteiger partial charge in [-0.05, 0) is 36.6 Å². The Morgan fingerprint density at radius 1 is 0.625 bits per heavy atom. The summed E-state index contributed by atoms with van der Waals surface area (Å²) < 4.78 is 2.40. The molecule has 0 fully saturated rings. The maximum absolute atomic E-state index is 2.40. The van der Waals surface area contributed by atoms with E-state index < -0.39 is 0 Å². The predicted molar refractivity (Wildman–Crippen MR) is 103 cm³/mol. The fraction of sp³-hybridized carbons (Fsp3) is 0.0435. The molecule has 5 aromatic rings. The molecule has 0 bridgehead atoms. The monoisotopic (exact) mass is 307 g/mol. The number of rotatable bonds is 1. The van der Waals surface area contributed by atoms with Gasteiger partial charge in [0.15, 0.2) is 0 Å². The Kier molecular flexibility index (Phi) is 2.77. The third-order valence-electron chi connectivity index (χ3n) is 4.82. The number of aromatic nitrogens is 1. The lowest BCUT2D eigenvalue weighted by Crippen LogP contribution is -1.93. The van der Waals surface area contributed by atoms with Crippen LogP contribution in [-0.4, -0.2) is 4.57 Å². The lowest BCUT2D eigenvalue weighted by molar-refractivity contribution is 1.18. The van der Waals surface area contributed by atoms with Gasteiger partial charge in [0, 0.05) is 21.8 Å². The first-order valence-electron chi connectivity index (χ1n) is 8.31. The molecule has 0 atom stereocenters. The van der Waals surface area contributed by atoms with Gasteiger partial charge >= 0.3 is 0 Å². The minimum atomic E-state index is 1.21. The van der Waals surface area contributed by atoms with Gasteiger partial charge in [-0.25, -0.2) is 0 Å². The lowest BCUT2D eigenvalue weighted by Gasteiger charge is -2.09. The van der Waals surface area contributed by atoms with Crippen molar-refractivity contribution >= 4 is 32.6 Å². The van der Waals surface area contributed by atoms with Crippen molar-refractivity contribution in [3.63, 3.8) is 0 Å². The van der Waals surface area contributed by atoms with Crippen molar-refractivity contribution in [2.45, 2.75) is 6.92 Å².